The third-order valence-electron chi connectivity index (χ3n) is 4.27. The largest absolute Gasteiger partial charge is 0.354 e. The summed E-state index contributed by atoms with van der Waals surface area (Å²) in [6, 6.07) is 14.5. The zero-order chi connectivity index (χ0) is 19.8. The molecule has 0 bridgehead atoms. The van der Waals surface area contributed by atoms with Crippen LogP contribution in [0.2, 0.25) is 0 Å². The molecule has 27 heavy (non-hydrogen) atoms. The fraction of sp³-hybridized carbons (Fsp3) is 0.364. The highest BCUT2D eigenvalue weighted by Gasteiger charge is 2.32. The predicted molar refractivity (Wildman–Crippen MR) is 104 cm³/mol. The summed E-state index contributed by atoms with van der Waals surface area (Å²) in [6.45, 7) is 6.38. The Morgan fingerprint density at radius 3 is 2.22 bits per heavy atom. The number of hydrogen-bond donors (Lipinski definition) is 1. The Balaban J connectivity index is 2.43. The molecule has 2 rings (SSSR count). The molecule has 2 aromatic carbocycles. The highest BCUT2D eigenvalue weighted by Crippen LogP contribution is 2.25. The van der Waals surface area contributed by atoms with Crippen molar-refractivity contribution in [3.8, 4) is 0 Å². The molecule has 0 unspecified atom stereocenters. The lowest BCUT2D eigenvalue weighted by molar-refractivity contribution is -0.144. The summed E-state index contributed by atoms with van der Waals surface area (Å²) in [7, 11) is 0. The molecule has 4 nitrogen and oxygen atoms in total. The zero-order valence-corrected chi connectivity index (χ0v) is 16.1. The average Bonchev–Trinajstić information content (AvgIpc) is 2.67. The Morgan fingerprint density at radius 2 is 1.67 bits per heavy atom. The molecule has 0 heterocycles. The monoisotopic (exact) mass is 370 g/mol. The van der Waals surface area contributed by atoms with E-state index in [0.717, 1.165) is 17.5 Å². The molecule has 5 heteroatoms. The van der Waals surface area contributed by atoms with E-state index in [2.05, 4.69) is 5.32 Å². The number of nitrogens with zero attached hydrogens (tertiary/aromatic N) is 1. The smallest absolute Gasteiger partial charge is 0.247 e. The van der Waals surface area contributed by atoms with Crippen LogP contribution in [0.3, 0.4) is 0 Å². The van der Waals surface area contributed by atoms with Gasteiger partial charge in [-0.05, 0) is 29.7 Å². The first-order chi connectivity index (χ1) is 12.9. The van der Waals surface area contributed by atoms with Gasteiger partial charge in [0, 0.05) is 19.0 Å². The number of carbonyl (C=O) groups excluding carboxylic acids is 2. The topological polar surface area (TPSA) is 49.4 Å². The molecule has 1 atom stereocenters. The van der Waals surface area contributed by atoms with Crippen molar-refractivity contribution >= 4 is 11.8 Å². The van der Waals surface area contributed by atoms with Gasteiger partial charge in [0.1, 0.15) is 11.9 Å². The highest BCUT2D eigenvalue weighted by molar-refractivity contribution is 5.89. The molecule has 2 aromatic rings. The number of carbonyl (C=O) groups is 2. The molecule has 0 aliphatic carbocycles. The summed E-state index contributed by atoms with van der Waals surface area (Å²) in [6.07, 6.45) is 0.809. The first-order valence-corrected chi connectivity index (χ1v) is 9.31. The number of benzene rings is 2. The maximum absolute atomic E-state index is 13.3. The maximum Gasteiger partial charge on any atom is 0.247 e. The van der Waals surface area contributed by atoms with Crippen LogP contribution < -0.4 is 5.32 Å². The lowest BCUT2D eigenvalue weighted by Crippen LogP contribution is -2.45. The number of halogens is 1. The maximum atomic E-state index is 13.3. The Kier molecular flexibility index (Phi) is 7.53. The summed E-state index contributed by atoms with van der Waals surface area (Å²) in [5.74, 6) is -0.935. The van der Waals surface area contributed by atoms with Gasteiger partial charge >= 0.3 is 0 Å². The van der Waals surface area contributed by atoms with Crippen LogP contribution in [0.15, 0.2) is 54.6 Å². The molecular weight excluding hydrogens is 343 g/mol. The van der Waals surface area contributed by atoms with Gasteiger partial charge in [-0.3, -0.25) is 9.59 Å². The summed E-state index contributed by atoms with van der Waals surface area (Å²) in [5, 5.41) is 2.91. The fourth-order valence-corrected chi connectivity index (χ4v) is 2.87. The van der Waals surface area contributed by atoms with Crippen LogP contribution in [0.25, 0.3) is 0 Å². The Hall–Kier alpha value is -2.69. The van der Waals surface area contributed by atoms with Gasteiger partial charge in [-0.25, -0.2) is 4.39 Å². The van der Waals surface area contributed by atoms with Gasteiger partial charge in [0.25, 0.3) is 0 Å². The third-order valence-corrected chi connectivity index (χ3v) is 4.27. The van der Waals surface area contributed by atoms with Crippen LogP contribution in [0.5, 0.6) is 0 Å². The minimum Gasteiger partial charge on any atom is -0.354 e. The first kappa shape index (κ1) is 20.6. The molecule has 0 aliphatic rings. The average molecular weight is 370 g/mol. The third kappa shape index (κ3) is 5.64. The Bertz CT molecular complexity index is 745. The van der Waals surface area contributed by atoms with Crippen LogP contribution in [0.4, 0.5) is 4.39 Å². The number of hydrogen-bond acceptors (Lipinski definition) is 2. The minimum atomic E-state index is -0.738. The van der Waals surface area contributed by atoms with E-state index in [-0.39, 0.29) is 30.1 Å². The second-order valence-electron chi connectivity index (χ2n) is 6.85. The van der Waals surface area contributed by atoms with Crippen LogP contribution in [-0.4, -0.2) is 23.3 Å². The van der Waals surface area contributed by atoms with E-state index < -0.39 is 6.04 Å². The van der Waals surface area contributed by atoms with Crippen molar-refractivity contribution in [2.24, 2.45) is 5.92 Å². The van der Waals surface area contributed by atoms with Crippen molar-refractivity contribution in [1.82, 2.24) is 10.2 Å². The van der Waals surface area contributed by atoms with Gasteiger partial charge in [0.2, 0.25) is 11.8 Å². The van der Waals surface area contributed by atoms with Crippen LogP contribution >= 0.6 is 0 Å². The van der Waals surface area contributed by atoms with Crippen molar-refractivity contribution in [3.63, 3.8) is 0 Å². The van der Waals surface area contributed by atoms with Gasteiger partial charge in [-0.15, -0.1) is 0 Å². The summed E-state index contributed by atoms with van der Waals surface area (Å²) >= 11 is 0. The summed E-state index contributed by atoms with van der Waals surface area (Å²) in [5.41, 5.74) is 1.52. The molecule has 2 amide bonds. The van der Waals surface area contributed by atoms with Crippen molar-refractivity contribution in [2.75, 3.05) is 6.54 Å². The van der Waals surface area contributed by atoms with Crippen molar-refractivity contribution < 1.29 is 14.0 Å². The number of rotatable bonds is 8. The van der Waals surface area contributed by atoms with Gasteiger partial charge in [0.05, 0.1) is 0 Å². The first-order valence-electron chi connectivity index (χ1n) is 9.31. The van der Waals surface area contributed by atoms with E-state index in [1.54, 1.807) is 17.0 Å². The van der Waals surface area contributed by atoms with Crippen LogP contribution in [-0.2, 0) is 16.1 Å². The fourth-order valence-electron chi connectivity index (χ4n) is 2.87. The van der Waals surface area contributed by atoms with Crippen molar-refractivity contribution in [3.05, 3.63) is 71.5 Å². The summed E-state index contributed by atoms with van der Waals surface area (Å²) in [4.78, 5) is 27.5. The Labute approximate surface area is 160 Å². The van der Waals surface area contributed by atoms with Gasteiger partial charge in [-0.1, -0.05) is 63.2 Å². The van der Waals surface area contributed by atoms with Crippen LogP contribution in [0, 0.1) is 11.7 Å². The normalized spacial score (nSPS) is 11.9. The second-order valence-corrected chi connectivity index (χ2v) is 6.85. The molecule has 0 radical (unpaired) electrons. The minimum absolute atomic E-state index is 0.125. The standard InChI is InChI=1S/C22H27FN2O2/c1-4-14-24-21(26)20(18-8-6-5-7-9-18)25(22(27)16(2)3)15-17-10-12-19(23)13-11-17/h5-13,16,20H,4,14-15H2,1-3H3,(H,24,26)/t20-/m0/s1. The second kappa shape index (κ2) is 9.86. The Morgan fingerprint density at radius 1 is 1.04 bits per heavy atom. The van der Waals surface area contributed by atoms with E-state index in [9.17, 15) is 14.0 Å². The van der Waals surface area contributed by atoms with E-state index in [4.69, 9.17) is 0 Å². The molecule has 144 valence electrons. The SMILES string of the molecule is CCCNC(=O)[C@H](c1ccccc1)N(Cc1ccc(F)cc1)C(=O)C(C)C. The molecule has 0 saturated carbocycles. The quantitative estimate of drug-likeness (QED) is 0.761. The molecule has 0 fully saturated rings. The summed E-state index contributed by atoms with van der Waals surface area (Å²) < 4.78 is 13.3. The molecular formula is C22H27FN2O2. The van der Waals surface area contributed by atoms with E-state index in [0.29, 0.717) is 6.54 Å². The van der Waals surface area contributed by atoms with Gasteiger partial charge in [-0.2, -0.15) is 0 Å². The number of amides is 2. The van der Waals surface area contributed by atoms with Gasteiger partial charge in [0.15, 0.2) is 0 Å². The lowest BCUT2D eigenvalue weighted by atomic mass is 10.0. The van der Waals surface area contributed by atoms with Crippen LogP contribution in [0.1, 0.15) is 44.4 Å². The van der Waals surface area contributed by atoms with Crippen molar-refractivity contribution in [1.29, 1.82) is 0 Å². The van der Waals surface area contributed by atoms with E-state index in [1.165, 1.54) is 12.1 Å². The zero-order valence-electron chi connectivity index (χ0n) is 16.1. The lowest BCUT2D eigenvalue weighted by Gasteiger charge is -2.33. The molecule has 0 saturated heterocycles. The molecule has 1 N–H and O–H groups in total. The molecule has 0 aliphatic heterocycles. The number of nitrogens with one attached hydrogen (secondary N) is 1. The molecule has 0 aromatic heterocycles. The molecule has 0 spiro atoms. The highest BCUT2D eigenvalue weighted by atomic mass is 19.1. The van der Waals surface area contributed by atoms with E-state index >= 15 is 0 Å². The van der Waals surface area contributed by atoms with E-state index in [1.807, 2.05) is 51.1 Å². The predicted octanol–water partition coefficient (Wildman–Crippen LogP) is 4.08. The van der Waals surface area contributed by atoms with Crippen molar-refractivity contribution in [2.45, 2.75) is 39.8 Å². The van der Waals surface area contributed by atoms with Gasteiger partial charge < -0.3 is 10.2 Å².